The molecule has 0 fully saturated rings. The zero-order valence-electron chi connectivity index (χ0n) is 32.6. The molecule has 0 aliphatic carbocycles. The molecule has 4 rings (SSSR count). The summed E-state index contributed by atoms with van der Waals surface area (Å²) in [5, 5.41) is 5.95. The molecule has 2 heterocycles. The Bertz CT molecular complexity index is 1540. The van der Waals surface area contributed by atoms with Crippen molar-refractivity contribution in [3.8, 4) is 0 Å². The van der Waals surface area contributed by atoms with E-state index in [9.17, 15) is 0 Å². The van der Waals surface area contributed by atoms with Gasteiger partial charge in [0.1, 0.15) is 0 Å². The number of hydrogen-bond acceptors (Lipinski definition) is 7. The van der Waals surface area contributed by atoms with E-state index in [1.54, 1.807) is 0 Å². The van der Waals surface area contributed by atoms with E-state index in [2.05, 4.69) is 132 Å². The molecule has 0 saturated heterocycles. The van der Waals surface area contributed by atoms with E-state index in [4.69, 9.17) is 35.6 Å². The molecule has 0 unspecified atom stereocenters. The van der Waals surface area contributed by atoms with Gasteiger partial charge in [0.15, 0.2) is 0 Å². The Labute approximate surface area is 324 Å². The van der Waals surface area contributed by atoms with Crippen molar-refractivity contribution in [2.45, 2.75) is 131 Å². The molecule has 0 N–H and O–H groups in total. The Hall–Kier alpha value is -3.22. The second-order valence-electron chi connectivity index (χ2n) is 13.7. The van der Waals surface area contributed by atoms with Crippen LogP contribution in [0.25, 0.3) is 5.32 Å². The van der Waals surface area contributed by atoms with Crippen LogP contribution in [0.4, 0.5) is 11.4 Å². The largest absolute Gasteiger partial charge is 3.00 e. The molecule has 0 amide bonds. The average Bonchev–Trinajstić information content (AvgIpc) is 2.96. The van der Waals surface area contributed by atoms with Crippen LogP contribution in [0.3, 0.4) is 0 Å². The number of nitrogens with zero attached hydrogens (tertiary/aromatic N) is 6. The molecule has 9 heteroatoms. The van der Waals surface area contributed by atoms with Crippen LogP contribution < -0.4 is 0 Å². The van der Waals surface area contributed by atoms with Crippen LogP contribution in [-0.2, 0) is 25.3 Å². The van der Waals surface area contributed by atoms with Crippen molar-refractivity contribution in [3.63, 3.8) is 0 Å². The predicted octanol–water partition coefficient (Wildman–Crippen LogP) is 11.5. The molecule has 0 saturated carbocycles. The Balaban J connectivity index is 0.000000531. The summed E-state index contributed by atoms with van der Waals surface area (Å²) >= 11 is 9.53. The number of rotatable bonds is 8. The van der Waals surface area contributed by atoms with Gasteiger partial charge in [0.2, 0.25) is 0 Å². The van der Waals surface area contributed by atoms with E-state index >= 15 is 0 Å². The number of benzene rings is 2. The van der Waals surface area contributed by atoms with Gasteiger partial charge in [-0.1, -0.05) is 116 Å². The monoisotopic (exact) mass is 722 g/mol. The first-order valence-electron chi connectivity index (χ1n) is 17.1. The minimum Gasteiger partial charge on any atom is -0.740 e. The minimum absolute atomic E-state index is 0. The molecule has 264 valence electrons. The summed E-state index contributed by atoms with van der Waals surface area (Å²) in [5.41, 5.74) is 13.2. The van der Waals surface area contributed by atoms with E-state index in [0.29, 0.717) is 34.0 Å². The molecule has 2 aromatic heterocycles. The van der Waals surface area contributed by atoms with Gasteiger partial charge in [-0.05, 0) is 81.5 Å². The van der Waals surface area contributed by atoms with Crippen molar-refractivity contribution in [1.29, 1.82) is 0 Å². The first kappa shape index (κ1) is 44.8. The summed E-state index contributed by atoms with van der Waals surface area (Å²) in [4.78, 5) is 20.8. The average molecular weight is 723 g/mol. The topological polar surface area (TPSA) is 78.0 Å². The molecule has 0 atom stereocenters. The van der Waals surface area contributed by atoms with E-state index in [-0.39, 0.29) is 17.4 Å². The molecular formula is C41H55AlN6S2. The number of aromatic nitrogens is 4. The first-order valence-corrected chi connectivity index (χ1v) is 17.9. The second-order valence-corrected chi connectivity index (χ2v) is 14.4. The third-order valence-electron chi connectivity index (χ3n) is 7.60. The number of para-hydroxylation sites is 2. The number of hydrogen-bond donors (Lipinski definition) is 0. The van der Waals surface area contributed by atoms with Crippen LogP contribution in [0.2, 0.25) is 0 Å². The molecule has 4 aromatic rings. The quantitative estimate of drug-likeness (QED) is 0.0780. The second kappa shape index (κ2) is 21.2. The standard InChI is InChI=1S/C29H41N2.2C6H8N2S.Al/c1-18(2)24-13-11-14-25(19(3)4)28(24)30-22(9)17-23(10)31-29-26(20(5)6)15-12-16-27(29)21(7)8;2*1-4-3-5(2)8-6(9)7-4;/h11-21H,1-10H3;2*3H,1-2H3,(H,7,8,9);/q-1;;;+3/p-2/b22-17+,31-23?;;;. The fraction of sp³-hybridized carbons (Fsp3) is 0.439. The van der Waals surface area contributed by atoms with Gasteiger partial charge in [0.25, 0.3) is 0 Å². The SMILES string of the molecule is CC(/C=C(\C)[N-]c1c(C(C)C)cccc1C(C)C)=Nc1c(C(C)C)cccc1C(C)C.Cc1cc(C)nc([S-])n1.Cc1cc(C)nc([S-])n1.[Al+3]. The van der Waals surface area contributed by atoms with Gasteiger partial charge in [-0.25, -0.2) is 0 Å². The minimum atomic E-state index is 0. The van der Waals surface area contributed by atoms with Gasteiger partial charge in [-0.3, -0.25) is 24.9 Å². The summed E-state index contributed by atoms with van der Waals surface area (Å²) in [6, 6.07) is 16.9. The number of allylic oxidation sites excluding steroid dienone is 2. The van der Waals surface area contributed by atoms with Crippen LogP contribution in [0.15, 0.2) is 75.6 Å². The van der Waals surface area contributed by atoms with Crippen molar-refractivity contribution >= 4 is 59.7 Å². The van der Waals surface area contributed by atoms with Gasteiger partial charge in [0, 0.05) is 38.8 Å². The van der Waals surface area contributed by atoms with Crippen LogP contribution >= 0.6 is 0 Å². The maximum absolute atomic E-state index is 5.08. The van der Waals surface area contributed by atoms with Gasteiger partial charge >= 0.3 is 17.4 Å². The van der Waals surface area contributed by atoms with Crippen molar-refractivity contribution in [3.05, 3.63) is 111 Å². The molecule has 50 heavy (non-hydrogen) atoms. The van der Waals surface area contributed by atoms with Crippen molar-refractivity contribution in [2.75, 3.05) is 0 Å². The molecule has 0 aliphatic rings. The molecule has 0 bridgehead atoms. The fourth-order valence-electron chi connectivity index (χ4n) is 5.39. The smallest absolute Gasteiger partial charge is 0.740 e. The van der Waals surface area contributed by atoms with Gasteiger partial charge in [0.05, 0.1) is 5.69 Å². The summed E-state index contributed by atoms with van der Waals surface area (Å²) in [7, 11) is 0. The summed E-state index contributed by atoms with van der Waals surface area (Å²) in [6.07, 6.45) is 2.11. The van der Waals surface area contributed by atoms with Gasteiger partial charge in [-0.15, -0.1) is 5.69 Å². The van der Waals surface area contributed by atoms with Crippen LogP contribution in [0.5, 0.6) is 0 Å². The zero-order valence-corrected chi connectivity index (χ0v) is 35.4. The van der Waals surface area contributed by atoms with Crippen molar-refractivity contribution in [1.82, 2.24) is 19.9 Å². The van der Waals surface area contributed by atoms with Crippen molar-refractivity contribution in [2.24, 2.45) is 4.99 Å². The predicted molar refractivity (Wildman–Crippen MR) is 219 cm³/mol. The van der Waals surface area contributed by atoms with E-state index < -0.39 is 0 Å². The third-order valence-corrected chi connectivity index (χ3v) is 7.97. The van der Waals surface area contributed by atoms with E-state index in [0.717, 1.165) is 45.6 Å². The molecule has 6 nitrogen and oxygen atoms in total. The van der Waals surface area contributed by atoms with Gasteiger partial charge < -0.3 is 30.6 Å². The number of aliphatic imine (C=N–C) groups is 1. The van der Waals surface area contributed by atoms with Gasteiger partial charge in [-0.2, -0.15) is 5.70 Å². The Morgan fingerprint density at radius 3 is 1.22 bits per heavy atom. The van der Waals surface area contributed by atoms with Crippen LogP contribution in [-0.4, -0.2) is 43.0 Å². The first-order chi connectivity index (χ1) is 22.9. The Kier molecular flexibility index (Phi) is 19.0. The maximum atomic E-state index is 5.08. The molecule has 0 radical (unpaired) electrons. The normalized spacial score (nSPS) is 11.6. The van der Waals surface area contributed by atoms with Crippen molar-refractivity contribution < 1.29 is 0 Å². The fourth-order valence-corrected chi connectivity index (χ4v) is 5.96. The molecule has 2 aromatic carbocycles. The molecular weight excluding hydrogens is 668 g/mol. The summed E-state index contributed by atoms with van der Waals surface area (Å²) in [5.74, 6) is 1.75. The molecule has 0 aliphatic heterocycles. The van der Waals surface area contributed by atoms with E-state index in [1.807, 2.05) is 39.8 Å². The molecule has 0 spiro atoms. The third kappa shape index (κ3) is 14.6. The Morgan fingerprint density at radius 1 is 0.600 bits per heavy atom. The zero-order chi connectivity index (χ0) is 37.0. The summed E-state index contributed by atoms with van der Waals surface area (Å²) < 4.78 is 0. The van der Waals surface area contributed by atoms with Crippen LogP contribution in [0, 0.1) is 27.7 Å². The summed E-state index contributed by atoms with van der Waals surface area (Å²) in [6.45, 7) is 29.7. The maximum Gasteiger partial charge on any atom is 3.00 e. The number of aryl methyl sites for hydroxylation is 4. The van der Waals surface area contributed by atoms with E-state index in [1.165, 1.54) is 22.3 Å². The Morgan fingerprint density at radius 2 is 0.920 bits per heavy atom. The van der Waals surface area contributed by atoms with Crippen LogP contribution in [0.1, 0.15) is 138 Å².